The first kappa shape index (κ1) is 20.9. The van der Waals surface area contributed by atoms with E-state index in [1.54, 1.807) is 12.1 Å². The van der Waals surface area contributed by atoms with Gasteiger partial charge in [-0.2, -0.15) is 0 Å². The molecule has 0 saturated carbocycles. The molecule has 0 spiro atoms. The van der Waals surface area contributed by atoms with Crippen molar-refractivity contribution in [1.29, 1.82) is 0 Å². The number of thiazole rings is 1. The van der Waals surface area contributed by atoms with Gasteiger partial charge in [0, 0.05) is 29.6 Å². The highest BCUT2D eigenvalue weighted by Crippen LogP contribution is 2.36. The SMILES string of the molecule is Cc1ccc(C(=O)C2=C(O)c3sc(NC(=O)NCCCN(C)C)nc3CC2)cn1. The van der Waals surface area contributed by atoms with Crippen LogP contribution in [0.5, 0.6) is 0 Å². The van der Waals surface area contributed by atoms with Crippen molar-refractivity contribution in [2.24, 2.45) is 0 Å². The largest absolute Gasteiger partial charge is 0.506 e. The topological polar surface area (TPSA) is 107 Å². The fraction of sp³-hybridized carbons (Fsp3) is 0.400. The number of aliphatic hydroxyl groups is 1. The number of allylic oxidation sites excluding steroid dienone is 1. The molecule has 2 amide bonds. The number of hydrogen-bond acceptors (Lipinski definition) is 7. The number of carbonyl (C=O) groups is 2. The number of rotatable bonds is 7. The van der Waals surface area contributed by atoms with E-state index >= 15 is 0 Å². The monoisotopic (exact) mass is 415 g/mol. The van der Waals surface area contributed by atoms with E-state index in [1.807, 2.05) is 21.0 Å². The molecule has 2 aromatic heterocycles. The number of fused-ring (bicyclic) bond motifs is 1. The van der Waals surface area contributed by atoms with Gasteiger partial charge in [0.05, 0.1) is 10.6 Å². The lowest BCUT2D eigenvalue weighted by atomic mass is 9.93. The van der Waals surface area contributed by atoms with Gasteiger partial charge in [0.1, 0.15) is 5.76 Å². The Bertz CT molecular complexity index is 934. The van der Waals surface area contributed by atoms with E-state index < -0.39 is 0 Å². The van der Waals surface area contributed by atoms with Crippen LogP contribution in [0.15, 0.2) is 23.9 Å². The fourth-order valence-corrected chi connectivity index (χ4v) is 3.97. The molecule has 0 atom stereocenters. The normalized spacial score (nSPS) is 13.4. The number of nitrogens with one attached hydrogen (secondary N) is 2. The highest BCUT2D eigenvalue weighted by atomic mass is 32.1. The average molecular weight is 416 g/mol. The zero-order chi connectivity index (χ0) is 21.0. The maximum atomic E-state index is 12.8. The minimum absolute atomic E-state index is 0.0613. The zero-order valence-electron chi connectivity index (χ0n) is 16.8. The predicted molar refractivity (Wildman–Crippen MR) is 113 cm³/mol. The molecule has 3 rings (SSSR count). The van der Waals surface area contributed by atoms with E-state index in [0.29, 0.717) is 46.2 Å². The number of aliphatic hydroxyl groups excluding tert-OH is 1. The molecule has 1 aliphatic rings. The van der Waals surface area contributed by atoms with Crippen molar-refractivity contribution in [2.45, 2.75) is 26.2 Å². The molecule has 0 bridgehead atoms. The summed E-state index contributed by atoms with van der Waals surface area (Å²) in [5, 5.41) is 16.5. The number of ketones is 1. The summed E-state index contributed by atoms with van der Waals surface area (Å²) >= 11 is 1.17. The highest BCUT2D eigenvalue weighted by molar-refractivity contribution is 7.16. The second-order valence-corrected chi connectivity index (χ2v) is 8.18. The number of Topliss-reactive ketones (excluding diaryl/α,β-unsaturated/α-hetero) is 1. The van der Waals surface area contributed by atoms with Crippen molar-refractivity contribution in [3.05, 3.63) is 45.7 Å². The second-order valence-electron chi connectivity index (χ2n) is 7.18. The number of carbonyl (C=O) groups excluding carboxylic acids is 2. The lowest BCUT2D eigenvalue weighted by molar-refractivity contribution is 0.102. The smallest absolute Gasteiger partial charge is 0.321 e. The Balaban J connectivity index is 1.68. The van der Waals surface area contributed by atoms with Crippen LogP contribution in [0.2, 0.25) is 0 Å². The first-order chi connectivity index (χ1) is 13.8. The molecule has 0 saturated heterocycles. The number of aromatic nitrogens is 2. The fourth-order valence-electron chi connectivity index (χ4n) is 2.99. The number of hydrogen-bond donors (Lipinski definition) is 3. The van der Waals surface area contributed by atoms with E-state index in [4.69, 9.17) is 0 Å². The molecule has 0 radical (unpaired) electrons. The number of pyridine rings is 1. The van der Waals surface area contributed by atoms with Crippen LogP contribution in [0.25, 0.3) is 5.76 Å². The summed E-state index contributed by atoms with van der Waals surface area (Å²) in [4.78, 5) is 35.9. The van der Waals surface area contributed by atoms with E-state index in [1.165, 1.54) is 17.5 Å². The third kappa shape index (κ3) is 5.18. The van der Waals surface area contributed by atoms with E-state index in [2.05, 4.69) is 25.5 Å². The van der Waals surface area contributed by atoms with Gasteiger partial charge in [-0.05, 0) is 59.0 Å². The molecular weight excluding hydrogens is 390 g/mol. The lowest BCUT2D eigenvalue weighted by Crippen LogP contribution is -2.31. The highest BCUT2D eigenvalue weighted by Gasteiger charge is 2.28. The van der Waals surface area contributed by atoms with E-state index in [9.17, 15) is 14.7 Å². The molecule has 9 heteroatoms. The molecule has 0 aliphatic heterocycles. The van der Waals surface area contributed by atoms with E-state index in [-0.39, 0.29) is 17.6 Å². The molecule has 3 N–H and O–H groups in total. The van der Waals surface area contributed by atoms with Crippen molar-refractivity contribution in [1.82, 2.24) is 20.2 Å². The minimum Gasteiger partial charge on any atom is -0.506 e. The van der Waals surface area contributed by atoms with Gasteiger partial charge in [0.2, 0.25) is 0 Å². The Morgan fingerprint density at radius 1 is 1.28 bits per heavy atom. The maximum Gasteiger partial charge on any atom is 0.321 e. The molecule has 29 heavy (non-hydrogen) atoms. The molecule has 154 valence electrons. The lowest BCUT2D eigenvalue weighted by Gasteiger charge is -2.14. The number of urea groups is 1. The van der Waals surface area contributed by atoms with Crippen LogP contribution in [-0.4, -0.2) is 59.0 Å². The van der Waals surface area contributed by atoms with Gasteiger partial charge < -0.3 is 15.3 Å². The third-order valence-electron chi connectivity index (χ3n) is 4.55. The van der Waals surface area contributed by atoms with Gasteiger partial charge in [-0.1, -0.05) is 11.3 Å². The first-order valence-electron chi connectivity index (χ1n) is 9.44. The summed E-state index contributed by atoms with van der Waals surface area (Å²) in [5.74, 6) is -0.295. The van der Waals surface area contributed by atoms with Gasteiger partial charge in [-0.15, -0.1) is 0 Å². The summed E-state index contributed by atoms with van der Waals surface area (Å²) < 4.78 is 0. The van der Waals surface area contributed by atoms with Gasteiger partial charge in [0.15, 0.2) is 10.9 Å². The Morgan fingerprint density at radius 2 is 2.07 bits per heavy atom. The van der Waals surface area contributed by atoms with Crippen molar-refractivity contribution in [3.63, 3.8) is 0 Å². The minimum atomic E-state index is -0.333. The van der Waals surface area contributed by atoms with Crippen LogP contribution in [0, 0.1) is 6.92 Å². The van der Waals surface area contributed by atoms with Crippen molar-refractivity contribution >= 4 is 34.0 Å². The van der Waals surface area contributed by atoms with Crippen LogP contribution < -0.4 is 10.6 Å². The van der Waals surface area contributed by atoms with Crippen molar-refractivity contribution in [2.75, 3.05) is 32.5 Å². The molecule has 0 fully saturated rings. The molecule has 1 aliphatic carbocycles. The molecule has 0 aromatic carbocycles. The van der Waals surface area contributed by atoms with Crippen LogP contribution in [0.1, 0.15) is 39.5 Å². The Hall–Kier alpha value is -2.78. The summed E-state index contributed by atoms with van der Waals surface area (Å²) in [6.07, 6.45) is 3.29. The van der Waals surface area contributed by atoms with Crippen molar-refractivity contribution in [3.8, 4) is 0 Å². The zero-order valence-corrected chi connectivity index (χ0v) is 17.6. The van der Waals surface area contributed by atoms with Gasteiger partial charge in [0.25, 0.3) is 0 Å². The average Bonchev–Trinajstić information content (AvgIpc) is 3.09. The molecule has 2 heterocycles. The second kappa shape index (κ2) is 9.15. The van der Waals surface area contributed by atoms with E-state index in [0.717, 1.165) is 18.7 Å². The molecule has 8 nitrogen and oxygen atoms in total. The molecule has 2 aromatic rings. The van der Waals surface area contributed by atoms with Crippen LogP contribution >= 0.6 is 11.3 Å². The van der Waals surface area contributed by atoms with Crippen molar-refractivity contribution < 1.29 is 14.7 Å². The number of anilines is 1. The summed E-state index contributed by atoms with van der Waals surface area (Å²) in [5.41, 5.74) is 2.31. The predicted octanol–water partition coefficient (Wildman–Crippen LogP) is 3.02. The molecular formula is C20H25N5O3S. The quantitative estimate of drug-likeness (QED) is 0.474. The standard InChI is InChI=1S/C20H25N5O3S/c1-12-5-6-13(11-22-12)16(26)14-7-8-15-18(17(14)27)29-20(23-15)24-19(28)21-9-4-10-25(2)3/h5-6,11,27H,4,7-10H2,1-3H3,(H2,21,23,24,28). The van der Waals surface area contributed by atoms with Crippen LogP contribution in [0.3, 0.4) is 0 Å². The maximum absolute atomic E-state index is 12.8. The van der Waals surface area contributed by atoms with Gasteiger partial charge >= 0.3 is 6.03 Å². The first-order valence-corrected chi connectivity index (χ1v) is 10.3. The van der Waals surface area contributed by atoms with Crippen LogP contribution in [-0.2, 0) is 6.42 Å². The van der Waals surface area contributed by atoms with Crippen LogP contribution in [0.4, 0.5) is 9.93 Å². The number of nitrogens with zero attached hydrogens (tertiary/aromatic N) is 3. The van der Waals surface area contributed by atoms with Gasteiger partial charge in [-0.3, -0.25) is 15.1 Å². The Kier molecular flexibility index (Phi) is 6.60. The Labute approximate surface area is 173 Å². The third-order valence-corrected chi connectivity index (χ3v) is 5.57. The Morgan fingerprint density at radius 3 is 2.76 bits per heavy atom. The summed E-state index contributed by atoms with van der Waals surface area (Å²) in [6.45, 7) is 3.30. The number of aryl methyl sites for hydroxylation is 2. The summed E-state index contributed by atoms with van der Waals surface area (Å²) in [6, 6.07) is 3.14. The number of amides is 2. The van der Waals surface area contributed by atoms with Gasteiger partial charge in [-0.25, -0.2) is 9.78 Å². The summed E-state index contributed by atoms with van der Waals surface area (Å²) in [7, 11) is 3.96. The molecule has 0 unspecified atom stereocenters.